The van der Waals surface area contributed by atoms with E-state index in [1.54, 1.807) is 4.57 Å². The lowest BCUT2D eigenvalue weighted by Crippen LogP contribution is -2.20. The number of nitrogens with zero attached hydrogens (tertiary/aromatic N) is 5. The van der Waals surface area contributed by atoms with Crippen LogP contribution in [0.2, 0.25) is 0 Å². The van der Waals surface area contributed by atoms with Crippen LogP contribution in [0.5, 0.6) is 0 Å². The van der Waals surface area contributed by atoms with Gasteiger partial charge in [-0.2, -0.15) is 13.2 Å². The lowest BCUT2D eigenvalue weighted by Gasteiger charge is -2.13. The van der Waals surface area contributed by atoms with Crippen molar-refractivity contribution in [3.8, 4) is 0 Å². The van der Waals surface area contributed by atoms with Crippen molar-refractivity contribution in [2.75, 3.05) is 0 Å². The molecule has 1 N–H and O–H groups in total. The highest BCUT2D eigenvalue weighted by Crippen LogP contribution is 2.31. The van der Waals surface area contributed by atoms with Crippen LogP contribution >= 0.6 is 0 Å². The molecule has 0 aliphatic rings. The van der Waals surface area contributed by atoms with Crippen LogP contribution in [0.4, 0.5) is 13.2 Å². The summed E-state index contributed by atoms with van der Waals surface area (Å²) in [6.45, 7) is 3.42. The Bertz CT molecular complexity index is 659. The molecule has 0 unspecified atom stereocenters. The van der Waals surface area contributed by atoms with Gasteiger partial charge in [0, 0.05) is 6.04 Å². The van der Waals surface area contributed by atoms with E-state index in [2.05, 4.69) is 15.3 Å². The number of aromatic nitrogens is 5. The van der Waals surface area contributed by atoms with Crippen molar-refractivity contribution in [2.24, 2.45) is 0 Å². The van der Waals surface area contributed by atoms with Gasteiger partial charge in [-0.15, -0.1) is 5.10 Å². The number of carbonyl (C=O) groups is 1. The third-order valence-electron chi connectivity index (χ3n) is 2.82. The average Bonchev–Trinajstić information content (AvgIpc) is 2.94. The van der Waals surface area contributed by atoms with Crippen molar-refractivity contribution in [1.29, 1.82) is 0 Å². The molecule has 2 heterocycles. The minimum Gasteiger partial charge on any atom is -0.476 e. The summed E-state index contributed by atoms with van der Waals surface area (Å²) in [5, 5.41) is 15.2. The van der Waals surface area contributed by atoms with Crippen molar-refractivity contribution in [3.63, 3.8) is 0 Å². The van der Waals surface area contributed by atoms with Crippen molar-refractivity contribution < 1.29 is 23.1 Å². The van der Waals surface area contributed by atoms with Gasteiger partial charge in [-0.1, -0.05) is 5.21 Å². The van der Waals surface area contributed by atoms with Gasteiger partial charge in [-0.3, -0.25) is 0 Å². The largest absolute Gasteiger partial charge is 0.476 e. The standard InChI is InChI=1S/C11H12F3N5O2/c1-6(2)18-5-15-3-7(18)4-19-9(11(12,13)14)8(10(20)21)16-17-19/h3,5-6H,4H2,1-2H3,(H,20,21). The quantitative estimate of drug-likeness (QED) is 0.931. The molecule has 2 rings (SSSR count). The number of carboxylic acid groups (broad SMARTS) is 1. The number of aromatic carboxylic acids is 1. The summed E-state index contributed by atoms with van der Waals surface area (Å²) < 4.78 is 41.2. The smallest absolute Gasteiger partial charge is 0.435 e. The van der Waals surface area contributed by atoms with Gasteiger partial charge >= 0.3 is 12.1 Å². The molecular weight excluding hydrogens is 291 g/mol. The fourth-order valence-electron chi connectivity index (χ4n) is 1.92. The molecule has 0 radical (unpaired) electrons. The van der Waals surface area contributed by atoms with Crippen LogP contribution in [0.15, 0.2) is 12.5 Å². The molecule has 114 valence electrons. The fourth-order valence-corrected chi connectivity index (χ4v) is 1.92. The van der Waals surface area contributed by atoms with Crippen molar-refractivity contribution in [1.82, 2.24) is 24.5 Å². The van der Waals surface area contributed by atoms with Crippen molar-refractivity contribution in [2.45, 2.75) is 32.6 Å². The Morgan fingerprint density at radius 1 is 1.43 bits per heavy atom. The summed E-state index contributed by atoms with van der Waals surface area (Å²) in [6, 6.07) is -0.000646. The van der Waals surface area contributed by atoms with Crippen LogP contribution < -0.4 is 0 Å². The predicted octanol–water partition coefficient (Wildman–Crippen LogP) is 1.82. The number of hydrogen-bond acceptors (Lipinski definition) is 4. The minimum absolute atomic E-state index is 0.000646. The van der Waals surface area contributed by atoms with Crippen LogP contribution in [-0.4, -0.2) is 35.6 Å². The van der Waals surface area contributed by atoms with Crippen molar-refractivity contribution in [3.05, 3.63) is 29.6 Å². The van der Waals surface area contributed by atoms with Gasteiger partial charge in [0.25, 0.3) is 0 Å². The second-order valence-corrected chi connectivity index (χ2v) is 4.63. The van der Waals surface area contributed by atoms with Crippen LogP contribution in [0.3, 0.4) is 0 Å². The van der Waals surface area contributed by atoms with E-state index in [1.165, 1.54) is 12.5 Å². The van der Waals surface area contributed by atoms with E-state index in [0.717, 1.165) is 0 Å². The molecule has 2 aromatic heterocycles. The molecule has 0 saturated heterocycles. The third kappa shape index (κ3) is 2.88. The summed E-state index contributed by atoms with van der Waals surface area (Å²) in [4.78, 5) is 14.7. The summed E-state index contributed by atoms with van der Waals surface area (Å²) in [5.41, 5.74) is -2.03. The number of imidazole rings is 1. The third-order valence-corrected chi connectivity index (χ3v) is 2.82. The summed E-state index contributed by atoms with van der Waals surface area (Å²) in [6.07, 6.45) is -1.97. The highest BCUT2D eigenvalue weighted by atomic mass is 19.4. The lowest BCUT2D eigenvalue weighted by molar-refractivity contribution is -0.144. The van der Waals surface area contributed by atoms with Gasteiger partial charge in [0.1, 0.15) is 0 Å². The van der Waals surface area contributed by atoms with E-state index >= 15 is 0 Å². The summed E-state index contributed by atoms with van der Waals surface area (Å²) in [5.74, 6) is -1.77. The molecule has 0 saturated carbocycles. The maximum absolute atomic E-state index is 13.0. The zero-order chi connectivity index (χ0) is 15.8. The second-order valence-electron chi connectivity index (χ2n) is 4.63. The Kier molecular flexibility index (Phi) is 3.71. The van der Waals surface area contributed by atoms with E-state index in [1.807, 2.05) is 13.8 Å². The van der Waals surface area contributed by atoms with Gasteiger partial charge < -0.3 is 9.67 Å². The van der Waals surface area contributed by atoms with E-state index in [9.17, 15) is 18.0 Å². The van der Waals surface area contributed by atoms with Gasteiger partial charge in [-0.05, 0) is 13.8 Å². The summed E-state index contributed by atoms with van der Waals surface area (Å²) >= 11 is 0. The SMILES string of the molecule is CC(C)n1cncc1Cn1nnc(C(=O)O)c1C(F)(F)F. The number of rotatable bonds is 4. The number of hydrogen-bond donors (Lipinski definition) is 1. The molecule has 0 spiro atoms. The molecule has 0 fully saturated rings. The van der Waals surface area contributed by atoms with E-state index in [-0.39, 0.29) is 12.6 Å². The molecule has 0 aromatic carbocycles. The lowest BCUT2D eigenvalue weighted by atomic mass is 10.3. The number of halogens is 3. The van der Waals surface area contributed by atoms with Crippen LogP contribution in [-0.2, 0) is 12.7 Å². The minimum atomic E-state index is -4.86. The Labute approximate surface area is 117 Å². The molecule has 0 bridgehead atoms. The monoisotopic (exact) mass is 303 g/mol. The van der Waals surface area contributed by atoms with E-state index in [4.69, 9.17) is 5.11 Å². The maximum Gasteiger partial charge on any atom is 0.435 e. The molecular formula is C11H12F3N5O2. The maximum atomic E-state index is 13.0. The first-order valence-electron chi connectivity index (χ1n) is 5.96. The molecule has 0 amide bonds. The van der Waals surface area contributed by atoms with Crippen LogP contribution in [0.1, 0.15) is 41.8 Å². The normalized spacial score (nSPS) is 12.1. The van der Waals surface area contributed by atoms with E-state index in [0.29, 0.717) is 10.4 Å². The molecule has 10 heteroatoms. The molecule has 7 nitrogen and oxygen atoms in total. The number of alkyl halides is 3. The first-order valence-corrected chi connectivity index (χ1v) is 5.96. The topological polar surface area (TPSA) is 85.8 Å². The average molecular weight is 303 g/mol. The van der Waals surface area contributed by atoms with Gasteiger partial charge in [-0.25, -0.2) is 14.5 Å². The van der Waals surface area contributed by atoms with Crippen LogP contribution in [0, 0.1) is 0 Å². The highest BCUT2D eigenvalue weighted by Gasteiger charge is 2.41. The van der Waals surface area contributed by atoms with Gasteiger partial charge in [0.2, 0.25) is 5.69 Å². The molecule has 0 atom stereocenters. The number of carboxylic acids is 1. The fraction of sp³-hybridized carbons (Fsp3) is 0.455. The molecule has 0 aliphatic carbocycles. The molecule has 0 aliphatic heterocycles. The molecule has 2 aromatic rings. The zero-order valence-electron chi connectivity index (χ0n) is 11.2. The summed E-state index contributed by atoms with van der Waals surface area (Å²) in [7, 11) is 0. The zero-order valence-corrected chi connectivity index (χ0v) is 11.2. The first-order chi connectivity index (χ1) is 9.71. The first kappa shape index (κ1) is 15.0. The Hall–Kier alpha value is -2.39. The second kappa shape index (κ2) is 5.19. The van der Waals surface area contributed by atoms with Gasteiger partial charge in [0.05, 0.1) is 24.8 Å². The molecule has 21 heavy (non-hydrogen) atoms. The highest BCUT2D eigenvalue weighted by molar-refractivity contribution is 5.86. The van der Waals surface area contributed by atoms with Gasteiger partial charge in [0.15, 0.2) is 5.69 Å². The van der Waals surface area contributed by atoms with Crippen molar-refractivity contribution >= 4 is 5.97 Å². The predicted molar refractivity (Wildman–Crippen MR) is 63.7 cm³/mol. The van der Waals surface area contributed by atoms with Crippen LogP contribution in [0.25, 0.3) is 0 Å². The van der Waals surface area contributed by atoms with E-state index < -0.39 is 23.5 Å². The Morgan fingerprint density at radius 2 is 2.10 bits per heavy atom. The Morgan fingerprint density at radius 3 is 2.62 bits per heavy atom. The Balaban J connectivity index is 2.46.